The Hall–Kier alpha value is -2.71. The third-order valence-electron chi connectivity index (χ3n) is 4.57. The summed E-state index contributed by atoms with van der Waals surface area (Å²) in [5, 5.41) is 4.55. The van der Waals surface area contributed by atoms with E-state index < -0.39 is 15.9 Å². The van der Waals surface area contributed by atoms with E-state index in [1.807, 2.05) is 30.3 Å². The van der Waals surface area contributed by atoms with E-state index in [1.54, 1.807) is 36.4 Å². The summed E-state index contributed by atoms with van der Waals surface area (Å²) < 4.78 is 27.4. The van der Waals surface area contributed by atoms with E-state index in [0.717, 1.165) is 9.87 Å². The van der Waals surface area contributed by atoms with Crippen LogP contribution in [0.25, 0.3) is 0 Å². The monoisotopic (exact) mass is 489 g/mol. The van der Waals surface area contributed by atoms with Gasteiger partial charge in [-0.15, -0.1) is 0 Å². The van der Waals surface area contributed by atoms with Gasteiger partial charge in [0.15, 0.2) is 0 Å². The van der Waals surface area contributed by atoms with Crippen LogP contribution in [0.1, 0.15) is 11.1 Å². The SMILES string of the molecule is O=C(CN(CCc1ccccc1)S(=O)(=O)c1ccccc1)N/N=C\c1cccc(Cl)c1Cl. The summed E-state index contributed by atoms with van der Waals surface area (Å²) in [6.45, 7) is -0.247. The molecule has 0 spiro atoms. The van der Waals surface area contributed by atoms with Crippen molar-refractivity contribution in [2.24, 2.45) is 5.10 Å². The number of carbonyl (C=O) groups is 1. The quantitative estimate of drug-likeness (QED) is 0.357. The van der Waals surface area contributed by atoms with E-state index in [-0.39, 0.29) is 18.0 Å². The van der Waals surface area contributed by atoms with Gasteiger partial charge in [0.2, 0.25) is 10.0 Å². The fourth-order valence-electron chi connectivity index (χ4n) is 2.91. The van der Waals surface area contributed by atoms with E-state index in [1.165, 1.54) is 18.3 Å². The fraction of sp³-hybridized carbons (Fsp3) is 0.130. The second-order valence-corrected chi connectivity index (χ2v) is 9.55. The number of hydrogen-bond acceptors (Lipinski definition) is 4. The largest absolute Gasteiger partial charge is 0.272 e. The first-order valence-electron chi connectivity index (χ1n) is 9.73. The van der Waals surface area contributed by atoms with E-state index in [9.17, 15) is 13.2 Å². The zero-order valence-electron chi connectivity index (χ0n) is 17.0. The van der Waals surface area contributed by atoms with Gasteiger partial charge < -0.3 is 0 Å². The summed E-state index contributed by atoms with van der Waals surface area (Å²) in [7, 11) is -3.87. The highest BCUT2D eigenvalue weighted by Gasteiger charge is 2.26. The molecule has 166 valence electrons. The average molecular weight is 490 g/mol. The van der Waals surface area contributed by atoms with Crippen molar-refractivity contribution in [3.8, 4) is 0 Å². The molecule has 6 nitrogen and oxygen atoms in total. The Morgan fingerprint density at radius 2 is 1.59 bits per heavy atom. The number of hydrogen-bond donors (Lipinski definition) is 1. The zero-order chi connectivity index (χ0) is 23.0. The van der Waals surface area contributed by atoms with E-state index in [0.29, 0.717) is 22.0 Å². The topological polar surface area (TPSA) is 78.8 Å². The molecule has 3 aromatic rings. The van der Waals surface area contributed by atoms with Crippen LogP contribution < -0.4 is 5.43 Å². The van der Waals surface area contributed by atoms with Crippen molar-refractivity contribution in [2.75, 3.05) is 13.1 Å². The Bertz CT molecular complexity index is 1190. The normalized spacial score (nSPS) is 11.7. The standard InChI is InChI=1S/C23H21Cl2N3O3S/c24-21-13-7-10-19(23(21)25)16-26-27-22(29)17-28(15-14-18-8-3-1-4-9-18)32(30,31)20-11-5-2-6-12-20/h1-13,16H,14-15,17H2,(H,27,29)/b26-16-. The molecule has 0 fully saturated rings. The molecular formula is C23H21Cl2N3O3S. The van der Waals surface area contributed by atoms with Gasteiger partial charge in [-0.1, -0.05) is 83.9 Å². The molecule has 0 unspecified atom stereocenters. The number of hydrazone groups is 1. The van der Waals surface area contributed by atoms with E-state index in [2.05, 4.69) is 10.5 Å². The molecule has 0 radical (unpaired) electrons. The number of nitrogens with zero attached hydrogens (tertiary/aromatic N) is 2. The highest BCUT2D eigenvalue weighted by Crippen LogP contribution is 2.24. The number of carbonyl (C=O) groups excluding carboxylic acids is 1. The van der Waals surface area contributed by atoms with Crippen molar-refractivity contribution < 1.29 is 13.2 Å². The predicted octanol–water partition coefficient (Wildman–Crippen LogP) is 4.38. The van der Waals surface area contributed by atoms with Crippen molar-refractivity contribution in [2.45, 2.75) is 11.3 Å². The molecule has 0 saturated heterocycles. The number of halogens is 2. The molecule has 3 rings (SSSR count). The third-order valence-corrected chi connectivity index (χ3v) is 7.26. The third kappa shape index (κ3) is 6.40. The molecule has 0 aliphatic heterocycles. The lowest BCUT2D eigenvalue weighted by molar-refractivity contribution is -0.121. The fourth-order valence-corrected chi connectivity index (χ4v) is 4.69. The second-order valence-electron chi connectivity index (χ2n) is 6.82. The zero-order valence-corrected chi connectivity index (χ0v) is 19.3. The van der Waals surface area contributed by atoms with Gasteiger partial charge in [-0.25, -0.2) is 13.8 Å². The lowest BCUT2D eigenvalue weighted by atomic mass is 10.1. The van der Waals surface area contributed by atoms with Crippen LogP contribution in [0.3, 0.4) is 0 Å². The molecular weight excluding hydrogens is 469 g/mol. The van der Waals surface area contributed by atoms with Gasteiger partial charge in [-0.3, -0.25) is 4.79 Å². The molecule has 1 amide bonds. The maximum absolute atomic E-state index is 13.1. The van der Waals surface area contributed by atoms with Gasteiger partial charge in [-0.2, -0.15) is 9.41 Å². The molecule has 0 bridgehead atoms. The van der Waals surface area contributed by atoms with Gasteiger partial charge in [0.05, 0.1) is 27.7 Å². The Morgan fingerprint density at radius 1 is 0.938 bits per heavy atom. The van der Waals surface area contributed by atoms with Crippen molar-refractivity contribution >= 4 is 45.3 Å². The molecule has 0 aliphatic rings. The summed E-state index contributed by atoms with van der Waals surface area (Å²) >= 11 is 12.1. The summed E-state index contributed by atoms with van der Waals surface area (Å²) in [5.74, 6) is -0.577. The van der Waals surface area contributed by atoms with Crippen LogP contribution in [0.4, 0.5) is 0 Å². The number of nitrogens with one attached hydrogen (secondary N) is 1. The summed E-state index contributed by atoms with van der Waals surface area (Å²) in [6.07, 6.45) is 1.81. The number of amides is 1. The molecule has 0 heterocycles. The second kappa shape index (κ2) is 11.2. The Labute approximate surface area is 197 Å². The molecule has 0 aromatic heterocycles. The van der Waals surface area contributed by atoms with Gasteiger partial charge in [0.25, 0.3) is 5.91 Å². The average Bonchev–Trinajstić information content (AvgIpc) is 2.80. The van der Waals surface area contributed by atoms with Gasteiger partial charge in [-0.05, 0) is 30.2 Å². The van der Waals surface area contributed by atoms with Crippen LogP contribution in [-0.4, -0.2) is 37.9 Å². The van der Waals surface area contributed by atoms with Crippen LogP contribution in [0.2, 0.25) is 10.0 Å². The number of sulfonamides is 1. The Balaban J connectivity index is 1.73. The summed E-state index contributed by atoms with van der Waals surface area (Å²) in [5.41, 5.74) is 3.85. The highest BCUT2D eigenvalue weighted by atomic mass is 35.5. The molecule has 0 atom stereocenters. The van der Waals surface area contributed by atoms with Gasteiger partial charge in [0.1, 0.15) is 0 Å². The minimum atomic E-state index is -3.87. The van der Waals surface area contributed by atoms with Crippen LogP contribution >= 0.6 is 23.2 Å². The van der Waals surface area contributed by atoms with Gasteiger partial charge >= 0.3 is 0 Å². The molecule has 1 N–H and O–H groups in total. The molecule has 32 heavy (non-hydrogen) atoms. The molecule has 0 saturated carbocycles. The first-order valence-corrected chi connectivity index (χ1v) is 11.9. The molecule has 3 aromatic carbocycles. The van der Waals surface area contributed by atoms with Gasteiger partial charge in [0, 0.05) is 12.1 Å². The molecule has 0 aliphatic carbocycles. The van der Waals surface area contributed by atoms with Crippen molar-refractivity contribution in [1.82, 2.24) is 9.73 Å². The number of benzene rings is 3. The Kier molecular flexibility index (Phi) is 8.41. The van der Waals surface area contributed by atoms with Crippen molar-refractivity contribution in [3.63, 3.8) is 0 Å². The maximum Gasteiger partial charge on any atom is 0.255 e. The van der Waals surface area contributed by atoms with Crippen LogP contribution in [0, 0.1) is 0 Å². The lowest BCUT2D eigenvalue weighted by Gasteiger charge is -2.21. The van der Waals surface area contributed by atoms with Crippen molar-refractivity contribution in [1.29, 1.82) is 0 Å². The first kappa shape index (κ1) is 23.9. The first-order chi connectivity index (χ1) is 15.4. The minimum absolute atomic E-state index is 0.120. The highest BCUT2D eigenvalue weighted by molar-refractivity contribution is 7.89. The lowest BCUT2D eigenvalue weighted by Crippen LogP contribution is -2.40. The van der Waals surface area contributed by atoms with Crippen LogP contribution in [-0.2, 0) is 21.2 Å². The van der Waals surface area contributed by atoms with E-state index in [4.69, 9.17) is 23.2 Å². The molecule has 9 heteroatoms. The maximum atomic E-state index is 13.1. The predicted molar refractivity (Wildman–Crippen MR) is 128 cm³/mol. The summed E-state index contributed by atoms with van der Waals surface area (Å²) in [6, 6.07) is 22.5. The minimum Gasteiger partial charge on any atom is -0.272 e. The smallest absolute Gasteiger partial charge is 0.255 e. The number of rotatable bonds is 9. The van der Waals surface area contributed by atoms with Crippen LogP contribution in [0.5, 0.6) is 0 Å². The van der Waals surface area contributed by atoms with Crippen molar-refractivity contribution in [3.05, 3.63) is 100 Å². The summed E-state index contributed by atoms with van der Waals surface area (Å²) in [4.78, 5) is 12.6. The van der Waals surface area contributed by atoms with Crippen LogP contribution in [0.15, 0.2) is 88.9 Å². The van der Waals surface area contributed by atoms with E-state index >= 15 is 0 Å². The Morgan fingerprint density at radius 3 is 2.28 bits per heavy atom.